The van der Waals surface area contributed by atoms with E-state index in [4.69, 9.17) is 4.74 Å². The first-order valence-electron chi connectivity index (χ1n) is 4.08. The Morgan fingerprint density at radius 3 is 2.83 bits per heavy atom. The highest BCUT2D eigenvalue weighted by molar-refractivity contribution is 7.90. The molecule has 1 N–H and O–H groups in total. The Labute approximate surface area is 73.2 Å². The van der Waals surface area contributed by atoms with E-state index in [0.717, 1.165) is 19.5 Å². The molecule has 1 unspecified atom stereocenters. The maximum Gasteiger partial charge on any atom is 0.149 e. The first-order chi connectivity index (χ1) is 5.58. The number of sulfone groups is 1. The van der Waals surface area contributed by atoms with Crippen molar-refractivity contribution in [3.8, 4) is 0 Å². The van der Waals surface area contributed by atoms with E-state index >= 15 is 0 Å². The van der Waals surface area contributed by atoms with Crippen molar-refractivity contribution in [2.24, 2.45) is 0 Å². The molecule has 1 heterocycles. The van der Waals surface area contributed by atoms with Crippen LogP contribution in [0.15, 0.2) is 0 Å². The second-order valence-corrected chi connectivity index (χ2v) is 5.38. The molecule has 0 aromatic heterocycles. The third-order valence-electron chi connectivity index (χ3n) is 1.82. The minimum atomic E-state index is -2.86. The van der Waals surface area contributed by atoms with Crippen LogP contribution in [0, 0.1) is 0 Å². The molecule has 0 saturated carbocycles. The molecule has 1 atom stereocenters. The molecule has 1 saturated heterocycles. The van der Waals surface area contributed by atoms with Crippen molar-refractivity contribution >= 4 is 9.84 Å². The summed E-state index contributed by atoms with van der Waals surface area (Å²) in [6, 6.07) is 0. The highest BCUT2D eigenvalue weighted by Crippen LogP contribution is 2.02. The molecule has 0 spiro atoms. The predicted octanol–water partition coefficient (Wildman–Crippen LogP) is -0.590. The summed E-state index contributed by atoms with van der Waals surface area (Å²) < 4.78 is 26.8. The average Bonchev–Trinajstić information content (AvgIpc) is 2.36. The van der Waals surface area contributed by atoms with Gasteiger partial charge in [-0.2, -0.15) is 0 Å². The molecule has 0 radical (unpaired) electrons. The third-order valence-corrected chi connectivity index (χ3v) is 2.73. The van der Waals surface area contributed by atoms with Crippen LogP contribution in [0.3, 0.4) is 0 Å². The zero-order valence-electron chi connectivity index (χ0n) is 7.25. The van der Waals surface area contributed by atoms with Crippen LogP contribution in [-0.4, -0.2) is 46.2 Å². The Bertz CT molecular complexity index is 219. The Kier molecular flexibility index (Phi) is 3.49. The van der Waals surface area contributed by atoms with Gasteiger partial charge in [-0.3, -0.25) is 0 Å². The van der Waals surface area contributed by atoms with Gasteiger partial charge in [-0.25, -0.2) is 8.42 Å². The molecular formula is C7H15NO3S. The van der Waals surface area contributed by atoms with Crippen LogP contribution in [0.4, 0.5) is 0 Å². The Morgan fingerprint density at radius 2 is 2.33 bits per heavy atom. The first-order valence-corrected chi connectivity index (χ1v) is 6.14. The van der Waals surface area contributed by atoms with Crippen LogP contribution in [0.2, 0.25) is 0 Å². The van der Waals surface area contributed by atoms with E-state index in [0.29, 0.717) is 6.61 Å². The molecule has 1 aliphatic heterocycles. The number of hydrogen-bond acceptors (Lipinski definition) is 4. The summed E-state index contributed by atoms with van der Waals surface area (Å²) in [6.45, 7) is 2.15. The zero-order chi connectivity index (χ0) is 9.03. The third kappa shape index (κ3) is 4.04. The largest absolute Gasteiger partial charge is 0.376 e. The van der Waals surface area contributed by atoms with Gasteiger partial charge in [0, 0.05) is 12.8 Å². The summed E-state index contributed by atoms with van der Waals surface area (Å²) in [5.41, 5.74) is 0. The van der Waals surface area contributed by atoms with Crippen molar-refractivity contribution in [2.45, 2.75) is 12.5 Å². The summed E-state index contributed by atoms with van der Waals surface area (Å²) in [4.78, 5) is 0. The fourth-order valence-electron chi connectivity index (χ4n) is 1.14. The van der Waals surface area contributed by atoms with Crippen LogP contribution >= 0.6 is 0 Å². The van der Waals surface area contributed by atoms with E-state index in [1.807, 2.05) is 0 Å². The Hall–Kier alpha value is -0.130. The Balaban J connectivity index is 2.09. The minimum Gasteiger partial charge on any atom is -0.376 e. The minimum absolute atomic E-state index is 0.128. The molecule has 1 rings (SSSR count). The van der Waals surface area contributed by atoms with Crippen molar-refractivity contribution in [2.75, 3.05) is 31.7 Å². The smallest absolute Gasteiger partial charge is 0.149 e. The maximum atomic E-state index is 10.7. The second-order valence-electron chi connectivity index (χ2n) is 3.12. The van der Waals surface area contributed by atoms with Crippen LogP contribution in [-0.2, 0) is 14.6 Å². The van der Waals surface area contributed by atoms with Crippen molar-refractivity contribution in [3.05, 3.63) is 0 Å². The van der Waals surface area contributed by atoms with Gasteiger partial charge in [0.1, 0.15) is 9.84 Å². The summed E-state index contributed by atoms with van der Waals surface area (Å²) in [6.07, 6.45) is 2.43. The molecule has 0 aromatic carbocycles. The summed E-state index contributed by atoms with van der Waals surface area (Å²) in [5, 5.41) is 3.15. The first kappa shape index (κ1) is 9.95. The SMILES string of the molecule is CS(=O)(=O)CCOC1CCNC1. The lowest BCUT2D eigenvalue weighted by atomic mass is 10.3. The molecule has 12 heavy (non-hydrogen) atoms. The van der Waals surface area contributed by atoms with Gasteiger partial charge in [-0.1, -0.05) is 0 Å². The molecule has 1 fully saturated rings. The summed E-state index contributed by atoms with van der Waals surface area (Å²) in [7, 11) is -2.86. The summed E-state index contributed by atoms with van der Waals surface area (Å²) >= 11 is 0. The van der Waals surface area contributed by atoms with E-state index in [1.54, 1.807) is 0 Å². The van der Waals surface area contributed by atoms with Gasteiger partial charge in [0.05, 0.1) is 18.5 Å². The molecule has 5 heteroatoms. The topological polar surface area (TPSA) is 55.4 Å². The van der Waals surface area contributed by atoms with Gasteiger partial charge >= 0.3 is 0 Å². The van der Waals surface area contributed by atoms with Crippen LogP contribution < -0.4 is 5.32 Å². The maximum absolute atomic E-state index is 10.7. The van der Waals surface area contributed by atoms with E-state index in [9.17, 15) is 8.42 Å². The van der Waals surface area contributed by atoms with Gasteiger partial charge in [-0.15, -0.1) is 0 Å². The number of rotatable bonds is 4. The number of hydrogen-bond donors (Lipinski definition) is 1. The van der Waals surface area contributed by atoms with Gasteiger partial charge in [-0.05, 0) is 13.0 Å². The van der Waals surface area contributed by atoms with E-state index in [-0.39, 0.29) is 11.9 Å². The van der Waals surface area contributed by atoms with Crippen molar-refractivity contribution in [1.82, 2.24) is 5.32 Å². The normalized spacial score (nSPS) is 24.6. The lowest BCUT2D eigenvalue weighted by Gasteiger charge is -2.08. The van der Waals surface area contributed by atoms with Gasteiger partial charge < -0.3 is 10.1 Å². The Morgan fingerprint density at radius 1 is 1.58 bits per heavy atom. The van der Waals surface area contributed by atoms with Crippen LogP contribution in [0.1, 0.15) is 6.42 Å². The molecule has 0 bridgehead atoms. The number of nitrogens with one attached hydrogen (secondary N) is 1. The predicted molar refractivity (Wildman–Crippen MR) is 46.9 cm³/mol. The lowest BCUT2D eigenvalue weighted by molar-refractivity contribution is 0.0788. The molecule has 1 aliphatic rings. The van der Waals surface area contributed by atoms with Crippen LogP contribution in [0.5, 0.6) is 0 Å². The fourth-order valence-corrected chi connectivity index (χ4v) is 1.54. The van der Waals surface area contributed by atoms with E-state index in [1.165, 1.54) is 6.26 Å². The summed E-state index contributed by atoms with van der Waals surface area (Å²) in [5.74, 6) is 0.128. The monoisotopic (exact) mass is 193 g/mol. The molecule has 0 aliphatic carbocycles. The zero-order valence-corrected chi connectivity index (χ0v) is 8.06. The molecule has 0 aromatic rings. The quantitative estimate of drug-likeness (QED) is 0.648. The highest BCUT2D eigenvalue weighted by Gasteiger charge is 2.14. The van der Waals surface area contributed by atoms with E-state index < -0.39 is 9.84 Å². The van der Waals surface area contributed by atoms with Gasteiger partial charge in [0.2, 0.25) is 0 Å². The van der Waals surface area contributed by atoms with Crippen molar-refractivity contribution in [1.29, 1.82) is 0 Å². The fraction of sp³-hybridized carbons (Fsp3) is 1.00. The molecular weight excluding hydrogens is 178 g/mol. The van der Waals surface area contributed by atoms with Gasteiger partial charge in [0.25, 0.3) is 0 Å². The highest BCUT2D eigenvalue weighted by atomic mass is 32.2. The van der Waals surface area contributed by atoms with Crippen molar-refractivity contribution < 1.29 is 13.2 Å². The molecule has 0 amide bonds. The second kappa shape index (κ2) is 4.20. The molecule has 4 nitrogen and oxygen atoms in total. The number of ether oxygens (including phenoxy) is 1. The standard InChI is InChI=1S/C7H15NO3S/c1-12(9,10)5-4-11-7-2-3-8-6-7/h7-8H,2-6H2,1H3. The van der Waals surface area contributed by atoms with E-state index in [2.05, 4.69) is 5.32 Å². The average molecular weight is 193 g/mol. The lowest BCUT2D eigenvalue weighted by Crippen LogP contribution is -2.20. The van der Waals surface area contributed by atoms with Gasteiger partial charge in [0.15, 0.2) is 0 Å². The van der Waals surface area contributed by atoms with Crippen molar-refractivity contribution in [3.63, 3.8) is 0 Å². The molecule has 72 valence electrons. The van der Waals surface area contributed by atoms with Crippen LogP contribution in [0.25, 0.3) is 0 Å².